The number of nitrogen functional groups attached to an aromatic ring is 1. The number of aromatic nitrogens is 1. The molecule has 1 heterocycles. The standard InChI is InChI=1S/C14H15FN4O/c1-19(8-9-4-2-3-5-12(9)15)14-11(13(17)20)6-10(16)7-18-14/h2-7H,8,16H2,1H3,(H2,17,20). The van der Waals surface area contributed by atoms with Crippen LogP contribution in [0.15, 0.2) is 36.5 Å². The Morgan fingerprint density at radius 2 is 2.10 bits per heavy atom. The summed E-state index contributed by atoms with van der Waals surface area (Å²) in [7, 11) is 1.71. The summed E-state index contributed by atoms with van der Waals surface area (Å²) in [5, 5.41) is 0. The Bertz CT molecular complexity index is 645. The number of anilines is 2. The van der Waals surface area contributed by atoms with Gasteiger partial charge < -0.3 is 16.4 Å². The molecule has 104 valence electrons. The summed E-state index contributed by atoms with van der Waals surface area (Å²) < 4.78 is 13.6. The van der Waals surface area contributed by atoms with E-state index in [-0.39, 0.29) is 17.9 Å². The smallest absolute Gasteiger partial charge is 0.252 e. The van der Waals surface area contributed by atoms with E-state index in [1.165, 1.54) is 18.3 Å². The lowest BCUT2D eigenvalue weighted by atomic mass is 10.1. The second-order valence-electron chi connectivity index (χ2n) is 4.45. The van der Waals surface area contributed by atoms with Crippen LogP contribution in [-0.2, 0) is 6.54 Å². The number of nitrogens with two attached hydrogens (primary N) is 2. The van der Waals surface area contributed by atoms with Crippen molar-refractivity contribution >= 4 is 17.4 Å². The Balaban J connectivity index is 2.32. The van der Waals surface area contributed by atoms with Crippen LogP contribution in [0, 0.1) is 5.82 Å². The third-order valence-corrected chi connectivity index (χ3v) is 2.88. The van der Waals surface area contributed by atoms with Gasteiger partial charge in [-0.1, -0.05) is 18.2 Å². The average Bonchev–Trinajstić information content (AvgIpc) is 2.41. The van der Waals surface area contributed by atoms with E-state index in [0.717, 1.165) is 0 Å². The molecule has 0 bridgehead atoms. The van der Waals surface area contributed by atoms with Crippen molar-refractivity contribution in [2.75, 3.05) is 17.7 Å². The van der Waals surface area contributed by atoms with Crippen LogP contribution >= 0.6 is 0 Å². The van der Waals surface area contributed by atoms with Gasteiger partial charge in [-0.2, -0.15) is 0 Å². The molecule has 0 atom stereocenters. The second-order valence-corrected chi connectivity index (χ2v) is 4.45. The molecule has 0 aliphatic rings. The number of amides is 1. The van der Waals surface area contributed by atoms with E-state index in [1.54, 1.807) is 30.1 Å². The Kier molecular flexibility index (Phi) is 3.84. The minimum absolute atomic E-state index is 0.212. The van der Waals surface area contributed by atoms with E-state index < -0.39 is 5.91 Å². The first-order chi connectivity index (χ1) is 9.49. The average molecular weight is 274 g/mol. The van der Waals surface area contributed by atoms with Crippen LogP contribution in [0.4, 0.5) is 15.9 Å². The van der Waals surface area contributed by atoms with Crippen molar-refractivity contribution in [1.82, 2.24) is 4.98 Å². The minimum atomic E-state index is -0.625. The number of nitrogens with zero attached hydrogens (tertiary/aromatic N) is 2. The lowest BCUT2D eigenvalue weighted by Crippen LogP contribution is -2.24. The van der Waals surface area contributed by atoms with Crippen molar-refractivity contribution in [2.45, 2.75) is 6.54 Å². The molecule has 6 heteroatoms. The first-order valence-corrected chi connectivity index (χ1v) is 5.99. The highest BCUT2D eigenvalue weighted by atomic mass is 19.1. The molecule has 0 saturated carbocycles. The number of benzene rings is 1. The van der Waals surface area contributed by atoms with Gasteiger partial charge in [-0.05, 0) is 12.1 Å². The third kappa shape index (κ3) is 2.85. The zero-order valence-electron chi connectivity index (χ0n) is 11.0. The molecule has 1 amide bonds. The van der Waals surface area contributed by atoms with Crippen molar-refractivity contribution < 1.29 is 9.18 Å². The van der Waals surface area contributed by atoms with E-state index in [9.17, 15) is 9.18 Å². The van der Waals surface area contributed by atoms with E-state index in [1.807, 2.05) is 0 Å². The zero-order chi connectivity index (χ0) is 14.7. The SMILES string of the molecule is CN(Cc1ccccc1F)c1ncc(N)cc1C(N)=O. The number of rotatable bonds is 4. The molecule has 0 unspecified atom stereocenters. The number of carbonyl (C=O) groups excluding carboxylic acids is 1. The molecular formula is C14H15FN4O. The van der Waals surface area contributed by atoms with E-state index in [0.29, 0.717) is 17.1 Å². The molecule has 2 aromatic rings. The van der Waals surface area contributed by atoms with Crippen molar-refractivity contribution in [3.8, 4) is 0 Å². The maximum Gasteiger partial charge on any atom is 0.252 e. The zero-order valence-corrected chi connectivity index (χ0v) is 11.0. The lowest BCUT2D eigenvalue weighted by molar-refractivity contribution is 0.100. The largest absolute Gasteiger partial charge is 0.397 e. The topological polar surface area (TPSA) is 85.2 Å². The monoisotopic (exact) mass is 274 g/mol. The van der Waals surface area contributed by atoms with Crippen LogP contribution in [0.2, 0.25) is 0 Å². The number of hydrogen-bond acceptors (Lipinski definition) is 4. The minimum Gasteiger partial charge on any atom is -0.397 e. The molecule has 4 N–H and O–H groups in total. The van der Waals surface area contributed by atoms with Gasteiger partial charge in [0.25, 0.3) is 5.91 Å². The fourth-order valence-corrected chi connectivity index (χ4v) is 1.92. The molecule has 0 radical (unpaired) electrons. The maximum atomic E-state index is 13.6. The fourth-order valence-electron chi connectivity index (χ4n) is 1.92. The summed E-state index contributed by atoms with van der Waals surface area (Å²) in [6.07, 6.45) is 1.43. The number of hydrogen-bond donors (Lipinski definition) is 2. The Labute approximate surface area is 116 Å². The molecule has 5 nitrogen and oxygen atoms in total. The van der Waals surface area contributed by atoms with Gasteiger partial charge in [-0.15, -0.1) is 0 Å². The number of pyridine rings is 1. The summed E-state index contributed by atoms with van der Waals surface area (Å²) in [5.41, 5.74) is 12.0. The molecule has 0 spiro atoms. The predicted molar refractivity (Wildman–Crippen MR) is 75.7 cm³/mol. The molecular weight excluding hydrogens is 259 g/mol. The second kappa shape index (κ2) is 5.56. The maximum absolute atomic E-state index is 13.6. The summed E-state index contributed by atoms with van der Waals surface area (Å²) in [4.78, 5) is 17.2. The first kappa shape index (κ1) is 13.8. The molecule has 1 aromatic heterocycles. The summed E-state index contributed by atoms with van der Waals surface area (Å²) in [5.74, 6) is -0.564. The molecule has 0 aliphatic heterocycles. The predicted octanol–water partition coefficient (Wildman–Crippen LogP) is 1.54. The van der Waals surface area contributed by atoms with Crippen molar-refractivity contribution in [1.29, 1.82) is 0 Å². The molecule has 20 heavy (non-hydrogen) atoms. The van der Waals surface area contributed by atoms with Gasteiger partial charge in [0.2, 0.25) is 0 Å². The van der Waals surface area contributed by atoms with Gasteiger partial charge in [0, 0.05) is 19.2 Å². The summed E-state index contributed by atoms with van der Waals surface area (Å²) in [6.45, 7) is 0.268. The van der Waals surface area contributed by atoms with Crippen LogP contribution in [0.3, 0.4) is 0 Å². The lowest BCUT2D eigenvalue weighted by Gasteiger charge is -2.20. The fraction of sp³-hybridized carbons (Fsp3) is 0.143. The van der Waals surface area contributed by atoms with E-state index >= 15 is 0 Å². The molecule has 0 saturated heterocycles. The van der Waals surface area contributed by atoms with E-state index in [2.05, 4.69) is 4.98 Å². The Hall–Kier alpha value is -2.63. The molecule has 2 rings (SSSR count). The van der Waals surface area contributed by atoms with Gasteiger partial charge in [0.1, 0.15) is 11.6 Å². The van der Waals surface area contributed by atoms with Crippen LogP contribution in [0.5, 0.6) is 0 Å². The highest BCUT2D eigenvalue weighted by Gasteiger charge is 2.15. The highest BCUT2D eigenvalue weighted by molar-refractivity contribution is 5.98. The van der Waals surface area contributed by atoms with Crippen molar-refractivity contribution in [3.63, 3.8) is 0 Å². The molecule has 0 fully saturated rings. The third-order valence-electron chi connectivity index (χ3n) is 2.88. The number of carbonyl (C=O) groups is 1. The summed E-state index contributed by atoms with van der Waals surface area (Å²) >= 11 is 0. The Morgan fingerprint density at radius 1 is 1.40 bits per heavy atom. The molecule has 1 aromatic carbocycles. The van der Waals surface area contributed by atoms with Crippen LogP contribution in [-0.4, -0.2) is 17.9 Å². The first-order valence-electron chi connectivity index (χ1n) is 5.99. The Morgan fingerprint density at radius 3 is 2.75 bits per heavy atom. The number of primary amides is 1. The van der Waals surface area contributed by atoms with Crippen LogP contribution in [0.1, 0.15) is 15.9 Å². The number of halogens is 1. The van der Waals surface area contributed by atoms with Crippen molar-refractivity contribution in [2.24, 2.45) is 5.73 Å². The van der Waals surface area contributed by atoms with Gasteiger partial charge in [-0.3, -0.25) is 4.79 Å². The highest BCUT2D eigenvalue weighted by Crippen LogP contribution is 2.21. The van der Waals surface area contributed by atoms with Gasteiger partial charge in [-0.25, -0.2) is 9.37 Å². The van der Waals surface area contributed by atoms with Crippen LogP contribution in [0.25, 0.3) is 0 Å². The molecule has 0 aliphatic carbocycles. The van der Waals surface area contributed by atoms with Gasteiger partial charge in [0.15, 0.2) is 0 Å². The quantitative estimate of drug-likeness (QED) is 0.885. The van der Waals surface area contributed by atoms with Gasteiger partial charge >= 0.3 is 0 Å². The van der Waals surface area contributed by atoms with E-state index in [4.69, 9.17) is 11.5 Å². The normalized spacial score (nSPS) is 10.3. The van der Waals surface area contributed by atoms with Crippen molar-refractivity contribution in [3.05, 3.63) is 53.5 Å². The van der Waals surface area contributed by atoms with Crippen LogP contribution < -0.4 is 16.4 Å². The van der Waals surface area contributed by atoms with Gasteiger partial charge in [0.05, 0.1) is 17.4 Å². The summed E-state index contributed by atoms with van der Waals surface area (Å²) in [6, 6.07) is 7.89.